The van der Waals surface area contributed by atoms with E-state index in [-0.39, 0.29) is 12.5 Å². The Morgan fingerprint density at radius 3 is 2.21 bits per heavy atom. The van der Waals surface area contributed by atoms with Crippen molar-refractivity contribution in [3.63, 3.8) is 0 Å². The molecule has 5 heteroatoms. The molecule has 0 aromatic rings. The highest BCUT2D eigenvalue weighted by molar-refractivity contribution is 5.89. The molecule has 0 rings (SSSR count). The molecule has 0 aliphatic heterocycles. The van der Waals surface area contributed by atoms with Crippen molar-refractivity contribution >= 4 is 12.1 Å². The standard InChI is InChI=1S/C14H25NO4/c1-7-9-11(12(16)18-8-2)10-15(6)13(17)19-14(3,4)5/h9H,7-8,10H2,1-6H3. The number of allylic oxidation sites excluding steroid dienone is 1. The lowest BCUT2D eigenvalue weighted by Gasteiger charge is -2.25. The molecule has 0 aliphatic carbocycles. The average Bonchev–Trinajstić information content (AvgIpc) is 2.26. The summed E-state index contributed by atoms with van der Waals surface area (Å²) in [5, 5.41) is 0. The van der Waals surface area contributed by atoms with E-state index in [1.807, 2.05) is 6.92 Å². The van der Waals surface area contributed by atoms with E-state index in [2.05, 4.69) is 0 Å². The summed E-state index contributed by atoms with van der Waals surface area (Å²) in [6.45, 7) is 9.57. The van der Waals surface area contributed by atoms with Gasteiger partial charge in [-0.15, -0.1) is 0 Å². The van der Waals surface area contributed by atoms with E-state index in [0.29, 0.717) is 18.6 Å². The van der Waals surface area contributed by atoms with Crippen LogP contribution in [0.25, 0.3) is 0 Å². The lowest BCUT2D eigenvalue weighted by Crippen LogP contribution is -2.36. The first kappa shape index (κ1) is 17.5. The lowest BCUT2D eigenvalue weighted by atomic mass is 10.2. The number of amides is 1. The van der Waals surface area contributed by atoms with E-state index in [0.717, 1.165) is 0 Å². The zero-order valence-electron chi connectivity index (χ0n) is 12.8. The Bertz CT molecular complexity index is 342. The Morgan fingerprint density at radius 1 is 1.21 bits per heavy atom. The van der Waals surface area contributed by atoms with E-state index in [1.165, 1.54) is 4.90 Å². The van der Waals surface area contributed by atoms with Gasteiger partial charge in [-0.2, -0.15) is 0 Å². The second kappa shape index (κ2) is 7.81. The third-order valence-corrected chi connectivity index (χ3v) is 2.10. The molecule has 0 radical (unpaired) electrons. The van der Waals surface area contributed by atoms with Gasteiger partial charge in [0.05, 0.1) is 18.7 Å². The SMILES string of the molecule is CCC=C(CN(C)C(=O)OC(C)(C)C)C(=O)OCC. The van der Waals surface area contributed by atoms with Crippen molar-refractivity contribution in [2.45, 2.75) is 46.6 Å². The summed E-state index contributed by atoms with van der Waals surface area (Å²) in [7, 11) is 1.59. The topological polar surface area (TPSA) is 55.8 Å². The summed E-state index contributed by atoms with van der Waals surface area (Å²) in [5.41, 5.74) is -0.0816. The fourth-order valence-corrected chi connectivity index (χ4v) is 1.34. The molecule has 0 atom stereocenters. The lowest BCUT2D eigenvalue weighted by molar-refractivity contribution is -0.138. The molecule has 5 nitrogen and oxygen atoms in total. The minimum Gasteiger partial charge on any atom is -0.463 e. The van der Waals surface area contributed by atoms with E-state index in [4.69, 9.17) is 9.47 Å². The molecule has 19 heavy (non-hydrogen) atoms. The Morgan fingerprint density at radius 2 is 1.79 bits per heavy atom. The summed E-state index contributed by atoms with van der Waals surface area (Å²) < 4.78 is 10.2. The zero-order chi connectivity index (χ0) is 15.1. The summed E-state index contributed by atoms with van der Waals surface area (Å²) >= 11 is 0. The fourth-order valence-electron chi connectivity index (χ4n) is 1.34. The highest BCUT2D eigenvalue weighted by Gasteiger charge is 2.22. The highest BCUT2D eigenvalue weighted by atomic mass is 16.6. The van der Waals surface area contributed by atoms with Gasteiger partial charge in [-0.1, -0.05) is 13.0 Å². The van der Waals surface area contributed by atoms with Crippen LogP contribution in [0.2, 0.25) is 0 Å². The number of hydrogen-bond acceptors (Lipinski definition) is 4. The third-order valence-electron chi connectivity index (χ3n) is 2.10. The van der Waals surface area contributed by atoms with Crippen molar-refractivity contribution in [2.24, 2.45) is 0 Å². The molecular formula is C14H25NO4. The molecule has 0 fully saturated rings. The first-order valence-electron chi connectivity index (χ1n) is 6.51. The summed E-state index contributed by atoms with van der Waals surface area (Å²) in [4.78, 5) is 24.9. The van der Waals surface area contributed by atoms with Crippen LogP contribution in [0.15, 0.2) is 11.6 Å². The number of rotatable bonds is 5. The molecule has 0 saturated carbocycles. The van der Waals surface area contributed by atoms with Crippen molar-refractivity contribution in [1.29, 1.82) is 0 Å². The van der Waals surface area contributed by atoms with E-state index in [9.17, 15) is 9.59 Å². The minimum absolute atomic E-state index is 0.182. The van der Waals surface area contributed by atoms with Crippen molar-refractivity contribution in [3.8, 4) is 0 Å². The maximum absolute atomic E-state index is 11.8. The molecule has 1 amide bonds. The maximum atomic E-state index is 11.8. The van der Waals surface area contributed by atoms with Gasteiger partial charge in [0.2, 0.25) is 0 Å². The second-order valence-corrected chi connectivity index (χ2v) is 5.19. The highest BCUT2D eigenvalue weighted by Crippen LogP contribution is 2.11. The molecule has 110 valence electrons. The maximum Gasteiger partial charge on any atom is 0.410 e. The number of carbonyl (C=O) groups excluding carboxylic acids is 2. The predicted molar refractivity (Wildman–Crippen MR) is 73.9 cm³/mol. The molecule has 0 aromatic heterocycles. The molecule has 0 spiro atoms. The van der Waals surface area contributed by atoms with Gasteiger partial charge in [0.25, 0.3) is 0 Å². The molecule has 0 aromatic carbocycles. The number of carbonyl (C=O) groups is 2. The Balaban J connectivity index is 4.64. The van der Waals surface area contributed by atoms with Crippen LogP contribution in [-0.4, -0.2) is 42.8 Å². The van der Waals surface area contributed by atoms with Gasteiger partial charge in [-0.3, -0.25) is 0 Å². The molecule has 0 heterocycles. The van der Waals surface area contributed by atoms with Crippen molar-refractivity contribution in [3.05, 3.63) is 11.6 Å². The second-order valence-electron chi connectivity index (χ2n) is 5.19. The van der Waals surface area contributed by atoms with Gasteiger partial charge < -0.3 is 14.4 Å². The van der Waals surface area contributed by atoms with Crippen LogP contribution in [0.5, 0.6) is 0 Å². The predicted octanol–water partition coefficient (Wildman–Crippen LogP) is 2.75. The van der Waals surface area contributed by atoms with Crippen LogP contribution >= 0.6 is 0 Å². The molecule has 0 bridgehead atoms. The van der Waals surface area contributed by atoms with Crippen molar-refractivity contribution < 1.29 is 19.1 Å². The van der Waals surface area contributed by atoms with Crippen LogP contribution < -0.4 is 0 Å². The molecular weight excluding hydrogens is 246 g/mol. The molecule has 0 aliphatic rings. The number of esters is 1. The third kappa shape index (κ3) is 7.49. The van der Waals surface area contributed by atoms with E-state index in [1.54, 1.807) is 40.8 Å². The van der Waals surface area contributed by atoms with Crippen LogP contribution in [0.4, 0.5) is 4.79 Å². The van der Waals surface area contributed by atoms with Gasteiger partial charge in [0.1, 0.15) is 5.60 Å². The average molecular weight is 271 g/mol. The van der Waals surface area contributed by atoms with E-state index >= 15 is 0 Å². The quantitative estimate of drug-likeness (QED) is 0.570. The Kier molecular flexibility index (Phi) is 7.19. The van der Waals surface area contributed by atoms with Crippen LogP contribution in [0.3, 0.4) is 0 Å². The van der Waals surface area contributed by atoms with Crippen molar-refractivity contribution in [2.75, 3.05) is 20.2 Å². The first-order valence-corrected chi connectivity index (χ1v) is 6.51. The monoisotopic (exact) mass is 271 g/mol. The van der Waals surface area contributed by atoms with Crippen molar-refractivity contribution in [1.82, 2.24) is 4.90 Å². The smallest absolute Gasteiger partial charge is 0.410 e. The van der Waals surface area contributed by atoms with Gasteiger partial charge in [-0.25, -0.2) is 9.59 Å². The molecule has 0 saturated heterocycles. The fraction of sp³-hybridized carbons (Fsp3) is 0.714. The van der Waals surface area contributed by atoms with Gasteiger partial charge >= 0.3 is 12.1 Å². The zero-order valence-corrected chi connectivity index (χ0v) is 12.8. The normalized spacial score (nSPS) is 12.0. The number of likely N-dealkylation sites (N-methyl/N-ethyl adjacent to an activating group) is 1. The Hall–Kier alpha value is -1.52. The first-order chi connectivity index (χ1) is 8.71. The van der Waals surface area contributed by atoms with Gasteiger partial charge in [0, 0.05) is 7.05 Å². The van der Waals surface area contributed by atoms with Gasteiger partial charge in [0.15, 0.2) is 0 Å². The summed E-state index contributed by atoms with van der Waals surface area (Å²) in [6.07, 6.45) is 2.01. The number of ether oxygens (including phenoxy) is 2. The van der Waals surface area contributed by atoms with Crippen LogP contribution in [0, 0.1) is 0 Å². The summed E-state index contributed by atoms with van der Waals surface area (Å²) in [6, 6.07) is 0. The Labute approximate surface area is 115 Å². The van der Waals surface area contributed by atoms with E-state index < -0.39 is 11.7 Å². The number of hydrogen-bond donors (Lipinski definition) is 0. The minimum atomic E-state index is -0.552. The summed E-state index contributed by atoms with van der Waals surface area (Å²) in [5.74, 6) is -0.389. The molecule has 0 N–H and O–H groups in total. The largest absolute Gasteiger partial charge is 0.463 e. The van der Waals surface area contributed by atoms with Crippen LogP contribution in [0.1, 0.15) is 41.0 Å². The van der Waals surface area contributed by atoms with Crippen LogP contribution in [-0.2, 0) is 14.3 Å². The number of nitrogens with zero attached hydrogens (tertiary/aromatic N) is 1. The van der Waals surface area contributed by atoms with Gasteiger partial charge in [-0.05, 0) is 34.1 Å². The molecule has 0 unspecified atom stereocenters.